The van der Waals surface area contributed by atoms with Crippen molar-refractivity contribution in [3.8, 4) is 0 Å². The normalized spacial score (nSPS) is 29.1. The number of hydrogen-bond acceptors (Lipinski definition) is 8. The summed E-state index contributed by atoms with van der Waals surface area (Å²) in [5, 5.41) is 32.1. The van der Waals surface area contributed by atoms with Crippen molar-refractivity contribution in [3.05, 3.63) is 12.7 Å². The Labute approximate surface area is 120 Å². The average Bonchev–Trinajstić information content (AvgIpc) is 3.03. The Morgan fingerprint density at radius 2 is 2.10 bits per heavy atom. The number of imidazole rings is 1. The van der Waals surface area contributed by atoms with Crippen LogP contribution in [0, 0.1) is 0 Å². The molecule has 3 heterocycles. The van der Waals surface area contributed by atoms with E-state index in [1.54, 1.807) is 0 Å². The highest BCUT2D eigenvalue weighted by molar-refractivity contribution is 5.82. The minimum absolute atomic E-state index is 0.376. The summed E-state index contributed by atoms with van der Waals surface area (Å²) in [6, 6.07) is 0. The molecule has 9 nitrogen and oxygen atoms in total. The summed E-state index contributed by atoms with van der Waals surface area (Å²) in [6.45, 7) is 2.25. The Bertz CT molecular complexity index is 633. The summed E-state index contributed by atoms with van der Waals surface area (Å²) in [4.78, 5) is 12.5. The van der Waals surface area contributed by atoms with Gasteiger partial charge in [0.2, 0.25) is 0 Å². The fourth-order valence-corrected chi connectivity index (χ4v) is 2.44. The predicted octanol–water partition coefficient (Wildman–Crippen LogP) is -1.13. The van der Waals surface area contributed by atoms with Crippen LogP contribution in [0.15, 0.2) is 12.7 Å². The lowest BCUT2D eigenvalue weighted by molar-refractivity contribution is -0.0511. The molecule has 0 aliphatic carbocycles. The number of aliphatic hydroxyl groups excluding tert-OH is 3. The van der Waals surface area contributed by atoms with Gasteiger partial charge in [-0.2, -0.15) is 0 Å². The highest BCUT2D eigenvalue weighted by atomic mass is 16.6. The summed E-state index contributed by atoms with van der Waals surface area (Å²) in [5.41, 5.74) is 1.04. The number of rotatable bonds is 4. The molecule has 1 fully saturated rings. The molecule has 4 atom stereocenters. The van der Waals surface area contributed by atoms with Gasteiger partial charge in [-0.25, -0.2) is 15.0 Å². The van der Waals surface area contributed by atoms with Gasteiger partial charge >= 0.3 is 0 Å². The Balaban J connectivity index is 2.00. The highest BCUT2D eigenvalue weighted by Crippen LogP contribution is 2.31. The van der Waals surface area contributed by atoms with Crippen molar-refractivity contribution in [1.82, 2.24) is 19.5 Å². The maximum absolute atomic E-state index is 10.1. The number of hydrogen-bond donors (Lipinski definition) is 4. The predicted molar refractivity (Wildman–Crippen MR) is 72.5 cm³/mol. The Morgan fingerprint density at radius 1 is 1.29 bits per heavy atom. The van der Waals surface area contributed by atoms with Crippen molar-refractivity contribution in [1.29, 1.82) is 0 Å². The van der Waals surface area contributed by atoms with Crippen molar-refractivity contribution in [2.24, 2.45) is 0 Å². The third kappa shape index (κ3) is 2.23. The first kappa shape index (κ1) is 14.1. The topological polar surface area (TPSA) is 126 Å². The van der Waals surface area contributed by atoms with E-state index in [0.717, 1.165) is 0 Å². The van der Waals surface area contributed by atoms with E-state index in [4.69, 9.17) is 9.84 Å². The fourth-order valence-electron chi connectivity index (χ4n) is 2.44. The minimum Gasteiger partial charge on any atom is -0.394 e. The smallest absolute Gasteiger partial charge is 0.167 e. The first-order valence-corrected chi connectivity index (χ1v) is 6.71. The first-order chi connectivity index (χ1) is 10.2. The maximum Gasteiger partial charge on any atom is 0.167 e. The van der Waals surface area contributed by atoms with Gasteiger partial charge in [-0.05, 0) is 6.92 Å². The molecule has 9 heteroatoms. The van der Waals surface area contributed by atoms with Gasteiger partial charge < -0.3 is 25.4 Å². The Morgan fingerprint density at radius 3 is 2.76 bits per heavy atom. The second-order valence-electron chi connectivity index (χ2n) is 4.81. The average molecular weight is 295 g/mol. The largest absolute Gasteiger partial charge is 0.394 e. The summed E-state index contributed by atoms with van der Waals surface area (Å²) in [5.74, 6) is 0.591. The molecule has 1 unspecified atom stereocenters. The molecule has 0 saturated carbocycles. The summed E-state index contributed by atoms with van der Waals surface area (Å²) < 4.78 is 7.01. The van der Waals surface area contributed by atoms with E-state index in [0.29, 0.717) is 23.5 Å². The quantitative estimate of drug-likeness (QED) is 0.558. The molecule has 0 aromatic carbocycles. The number of aliphatic hydroxyl groups is 3. The lowest BCUT2D eigenvalue weighted by Gasteiger charge is -2.16. The van der Waals surface area contributed by atoms with Crippen LogP contribution in [0.1, 0.15) is 13.2 Å². The number of nitrogens with zero attached hydrogens (tertiary/aromatic N) is 4. The van der Waals surface area contributed by atoms with Crippen LogP contribution in [0.25, 0.3) is 11.2 Å². The molecule has 2 aromatic heterocycles. The van der Waals surface area contributed by atoms with E-state index in [-0.39, 0.29) is 6.61 Å². The lowest BCUT2D eigenvalue weighted by Crippen LogP contribution is -2.33. The zero-order chi connectivity index (χ0) is 15.0. The van der Waals surface area contributed by atoms with Crippen LogP contribution >= 0.6 is 0 Å². The minimum atomic E-state index is -1.17. The van der Waals surface area contributed by atoms with Crippen molar-refractivity contribution in [2.75, 3.05) is 18.5 Å². The van der Waals surface area contributed by atoms with E-state index in [2.05, 4.69) is 20.3 Å². The standard InChI is InChI=1S/C12H17N5O4/c1-2-13-10-7-11(15-4-14-10)17(5-16-7)12-9(20)8(19)6(3-18)21-12/h4-6,8-9,12,18-20H,2-3H2,1H3,(H,13,14,15)/t6-,8-,9-,12?/m1/s1. The molecule has 2 aromatic rings. The van der Waals surface area contributed by atoms with E-state index < -0.39 is 24.5 Å². The molecule has 4 N–H and O–H groups in total. The number of fused-ring (bicyclic) bond motifs is 1. The van der Waals surface area contributed by atoms with Crippen LogP contribution in [0.3, 0.4) is 0 Å². The summed E-state index contributed by atoms with van der Waals surface area (Å²) in [6.07, 6.45) is -1.16. The second kappa shape index (κ2) is 5.53. The van der Waals surface area contributed by atoms with Gasteiger partial charge in [0.1, 0.15) is 24.6 Å². The SMILES string of the molecule is CCNc1ncnc2c1ncn2C1O[C@H](CO)[C@@H](O)[C@H]1O. The fraction of sp³-hybridized carbons (Fsp3) is 0.583. The molecule has 0 spiro atoms. The monoisotopic (exact) mass is 295 g/mol. The first-order valence-electron chi connectivity index (χ1n) is 6.71. The summed E-state index contributed by atoms with van der Waals surface area (Å²) >= 11 is 0. The molecule has 0 radical (unpaired) electrons. The van der Waals surface area contributed by atoms with Crippen molar-refractivity contribution >= 4 is 17.0 Å². The highest BCUT2D eigenvalue weighted by Gasteiger charge is 2.43. The van der Waals surface area contributed by atoms with Crippen LogP contribution in [0.5, 0.6) is 0 Å². The van der Waals surface area contributed by atoms with Crippen molar-refractivity contribution in [3.63, 3.8) is 0 Å². The number of aromatic nitrogens is 4. The molecule has 114 valence electrons. The third-order valence-electron chi connectivity index (χ3n) is 3.49. The Hall–Kier alpha value is -1.81. The molecule has 1 aliphatic heterocycles. The van der Waals surface area contributed by atoms with Crippen molar-refractivity contribution in [2.45, 2.75) is 31.5 Å². The van der Waals surface area contributed by atoms with Gasteiger partial charge in [-0.15, -0.1) is 0 Å². The molecule has 1 saturated heterocycles. The molecule has 0 bridgehead atoms. The van der Waals surface area contributed by atoms with E-state index in [1.165, 1.54) is 17.2 Å². The Kier molecular flexibility index (Phi) is 3.72. The molecule has 1 aliphatic rings. The summed E-state index contributed by atoms with van der Waals surface area (Å²) in [7, 11) is 0. The maximum atomic E-state index is 10.1. The van der Waals surface area contributed by atoms with Crippen LogP contribution in [-0.4, -0.2) is 66.3 Å². The van der Waals surface area contributed by atoms with Gasteiger partial charge in [0.05, 0.1) is 12.9 Å². The molecular formula is C12H17N5O4. The van der Waals surface area contributed by atoms with E-state index >= 15 is 0 Å². The van der Waals surface area contributed by atoms with Crippen LogP contribution < -0.4 is 5.32 Å². The zero-order valence-electron chi connectivity index (χ0n) is 11.4. The van der Waals surface area contributed by atoms with Crippen LogP contribution in [0.2, 0.25) is 0 Å². The lowest BCUT2D eigenvalue weighted by atomic mass is 10.1. The molecule has 0 amide bonds. The number of anilines is 1. The van der Waals surface area contributed by atoms with E-state index in [1.807, 2.05) is 6.92 Å². The number of ether oxygens (including phenoxy) is 1. The third-order valence-corrected chi connectivity index (χ3v) is 3.49. The van der Waals surface area contributed by atoms with Crippen molar-refractivity contribution < 1.29 is 20.1 Å². The van der Waals surface area contributed by atoms with E-state index in [9.17, 15) is 10.2 Å². The van der Waals surface area contributed by atoms with Crippen LogP contribution in [0.4, 0.5) is 5.82 Å². The molecular weight excluding hydrogens is 278 g/mol. The molecule has 21 heavy (non-hydrogen) atoms. The van der Waals surface area contributed by atoms with Gasteiger partial charge in [-0.3, -0.25) is 4.57 Å². The van der Waals surface area contributed by atoms with Gasteiger partial charge in [-0.1, -0.05) is 0 Å². The zero-order valence-corrected chi connectivity index (χ0v) is 11.4. The second-order valence-corrected chi connectivity index (χ2v) is 4.81. The number of nitrogens with one attached hydrogen (secondary N) is 1. The van der Waals surface area contributed by atoms with Crippen LogP contribution in [-0.2, 0) is 4.74 Å². The van der Waals surface area contributed by atoms with Gasteiger partial charge in [0.25, 0.3) is 0 Å². The van der Waals surface area contributed by atoms with Gasteiger partial charge in [0.15, 0.2) is 23.2 Å². The van der Waals surface area contributed by atoms with Gasteiger partial charge in [0, 0.05) is 6.54 Å². The molecule has 3 rings (SSSR count).